The lowest BCUT2D eigenvalue weighted by atomic mass is 10.1. The number of nitrogens with two attached hydrogens (primary N) is 1. The Hall–Kier alpha value is -2.08. The van der Waals surface area contributed by atoms with Crippen LogP contribution in [0.25, 0.3) is 0 Å². The van der Waals surface area contributed by atoms with E-state index < -0.39 is 10.0 Å². The van der Waals surface area contributed by atoms with Crippen molar-refractivity contribution >= 4 is 21.4 Å². The van der Waals surface area contributed by atoms with Crippen LogP contribution in [-0.2, 0) is 10.0 Å². The molecular weight excluding hydrogens is 274 g/mol. The molecule has 3 N–H and O–H groups in total. The number of rotatable bonds is 3. The van der Waals surface area contributed by atoms with Crippen LogP contribution in [-0.4, -0.2) is 13.4 Å². The van der Waals surface area contributed by atoms with Crippen molar-refractivity contribution in [3.63, 3.8) is 0 Å². The molecule has 1 aromatic carbocycles. The summed E-state index contributed by atoms with van der Waals surface area (Å²) in [6, 6.07) is 6.43. The Labute approximate surface area is 118 Å². The Balaban J connectivity index is 2.44. The minimum absolute atomic E-state index is 0.154. The van der Waals surface area contributed by atoms with Gasteiger partial charge >= 0.3 is 0 Å². The molecule has 1 aromatic heterocycles. The van der Waals surface area contributed by atoms with Gasteiger partial charge in [-0.3, -0.25) is 9.71 Å². The second-order valence-corrected chi connectivity index (χ2v) is 6.38. The third kappa shape index (κ3) is 2.75. The highest BCUT2D eigenvalue weighted by Crippen LogP contribution is 2.24. The van der Waals surface area contributed by atoms with Gasteiger partial charge in [-0.25, -0.2) is 8.42 Å². The fourth-order valence-electron chi connectivity index (χ4n) is 1.80. The summed E-state index contributed by atoms with van der Waals surface area (Å²) >= 11 is 0. The van der Waals surface area contributed by atoms with E-state index in [1.54, 1.807) is 31.3 Å². The average molecular weight is 291 g/mol. The minimum Gasteiger partial charge on any atom is -0.398 e. The third-order valence-electron chi connectivity index (χ3n) is 3.24. The average Bonchev–Trinajstić information content (AvgIpc) is 2.38. The van der Waals surface area contributed by atoms with Gasteiger partial charge in [0.15, 0.2) is 0 Å². The number of nitrogen functional groups attached to an aromatic ring is 1. The molecule has 0 amide bonds. The predicted molar refractivity (Wildman–Crippen MR) is 80.1 cm³/mol. The molecule has 0 spiro atoms. The van der Waals surface area contributed by atoms with Crippen LogP contribution >= 0.6 is 0 Å². The zero-order chi connectivity index (χ0) is 14.9. The number of aromatic nitrogens is 1. The zero-order valence-electron chi connectivity index (χ0n) is 11.6. The Bertz CT molecular complexity index is 732. The van der Waals surface area contributed by atoms with Crippen molar-refractivity contribution in [2.45, 2.75) is 25.7 Å². The van der Waals surface area contributed by atoms with Gasteiger partial charge in [-0.15, -0.1) is 0 Å². The molecule has 0 aliphatic heterocycles. The van der Waals surface area contributed by atoms with Gasteiger partial charge in [0.2, 0.25) is 0 Å². The summed E-state index contributed by atoms with van der Waals surface area (Å²) in [6.07, 6.45) is 1.61. The molecule has 2 rings (SSSR count). The van der Waals surface area contributed by atoms with Gasteiger partial charge in [0.25, 0.3) is 10.0 Å². The predicted octanol–water partition coefficient (Wildman–Crippen LogP) is 2.39. The number of benzene rings is 1. The number of sulfonamides is 1. The number of anilines is 2. The first kappa shape index (κ1) is 14.3. The lowest BCUT2D eigenvalue weighted by Crippen LogP contribution is -2.15. The molecular formula is C14H17N3O2S. The summed E-state index contributed by atoms with van der Waals surface area (Å²) in [5.41, 5.74) is 9.11. The molecule has 2 aromatic rings. The monoisotopic (exact) mass is 291 g/mol. The topological polar surface area (TPSA) is 85.1 Å². The van der Waals surface area contributed by atoms with E-state index >= 15 is 0 Å². The summed E-state index contributed by atoms with van der Waals surface area (Å²) in [5.74, 6) is 0. The Morgan fingerprint density at radius 2 is 1.90 bits per heavy atom. The van der Waals surface area contributed by atoms with Gasteiger partial charge in [0.1, 0.15) is 0 Å². The number of pyridine rings is 1. The molecule has 0 bridgehead atoms. The lowest BCUT2D eigenvalue weighted by Gasteiger charge is -2.12. The highest BCUT2D eigenvalue weighted by molar-refractivity contribution is 7.92. The van der Waals surface area contributed by atoms with E-state index in [2.05, 4.69) is 9.71 Å². The SMILES string of the molecule is Cc1cc(S(=O)(=O)Nc2cccnc2C)cc(N)c1C. The van der Waals surface area contributed by atoms with Gasteiger partial charge in [-0.05, 0) is 56.2 Å². The molecule has 0 fully saturated rings. The number of hydrogen-bond acceptors (Lipinski definition) is 4. The fourth-order valence-corrected chi connectivity index (χ4v) is 3.04. The normalized spacial score (nSPS) is 11.3. The first-order valence-electron chi connectivity index (χ1n) is 6.12. The summed E-state index contributed by atoms with van der Waals surface area (Å²) in [7, 11) is -3.67. The Morgan fingerprint density at radius 3 is 2.50 bits per heavy atom. The molecule has 1 heterocycles. The summed E-state index contributed by atoms with van der Waals surface area (Å²) in [5, 5.41) is 0. The Kier molecular flexibility index (Phi) is 3.67. The first-order chi connectivity index (χ1) is 9.31. The van der Waals surface area contributed by atoms with E-state index in [0.29, 0.717) is 17.1 Å². The standard InChI is InChI=1S/C14H17N3O2S/c1-9-7-12(8-13(15)10(9)2)20(18,19)17-14-5-4-6-16-11(14)3/h4-8,17H,15H2,1-3H3. The van der Waals surface area contributed by atoms with Crippen LogP contribution < -0.4 is 10.5 Å². The highest BCUT2D eigenvalue weighted by atomic mass is 32.2. The van der Waals surface area contributed by atoms with Crippen LogP contribution in [0.2, 0.25) is 0 Å². The molecule has 0 aliphatic carbocycles. The van der Waals surface area contributed by atoms with E-state index in [-0.39, 0.29) is 4.90 Å². The maximum absolute atomic E-state index is 12.4. The van der Waals surface area contributed by atoms with Crippen molar-refractivity contribution < 1.29 is 8.42 Å². The maximum atomic E-state index is 12.4. The van der Waals surface area contributed by atoms with Gasteiger partial charge in [0, 0.05) is 11.9 Å². The van der Waals surface area contributed by atoms with Gasteiger partial charge in [-0.1, -0.05) is 0 Å². The smallest absolute Gasteiger partial charge is 0.262 e. The first-order valence-corrected chi connectivity index (χ1v) is 7.61. The molecule has 6 heteroatoms. The van der Waals surface area contributed by atoms with Gasteiger partial charge in [0.05, 0.1) is 16.3 Å². The number of hydrogen-bond donors (Lipinski definition) is 2. The van der Waals surface area contributed by atoms with Crippen molar-refractivity contribution in [2.75, 3.05) is 10.5 Å². The molecule has 20 heavy (non-hydrogen) atoms. The van der Waals surface area contributed by atoms with Crippen LogP contribution in [0.15, 0.2) is 35.4 Å². The summed E-state index contributed by atoms with van der Waals surface area (Å²) in [6.45, 7) is 5.44. The maximum Gasteiger partial charge on any atom is 0.262 e. The lowest BCUT2D eigenvalue weighted by molar-refractivity contribution is 0.601. The van der Waals surface area contributed by atoms with E-state index in [9.17, 15) is 8.42 Å². The molecule has 0 saturated carbocycles. The van der Waals surface area contributed by atoms with Gasteiger partial charge < -0.3 is 5.73 Å². The molecule has 0 saturated heterocycles. The quantitative estimate of drug-likeness (QED) is 0.850. The highest BCUT2D eigenvalue weighted by Gasteiger charge is 2.17. The molecule has 0 atom stereocenters. The fraction of sp³-hybridized carbons (Fsp3) is 0.214. The third-order valence-corrected chi connectivity index (χ3v) is 4.59. The number of aryl methyl sites for hydroxylation is 2. The van der Waals surface area contributed by atoms with Crippen molar-refractivity contribution in [2.24, 2.45) is 0 Å². The zero-order valence-corrected chi connectivity index (χ0v) is 12.5. The largest absolute Gasteiger partial charge is 0.398 e. The second-order valence-electron chi connectivity index (χ2n) is 4.70. The molecule has 106 valence electrons. The Morgan fingerprint density at radius 1 is 1.20 bits per heavy atom. The van der Waals surface area contributed by atoms with Crippen molar-refractivity contribution in [1.29, 1.82) is 0 Å². The second kappa shape index (κ2) is 5.13. The van der Waals surface area contributed by atoms with E-state index in [0.717, 1.165) is 11.1 Å². The number of nitrogens with one attached hydrogen (secondary N) is 1. The summed E-state index contributed by atoms with van der Waals surface area (Å²) < 4.78 is 27.3. The van der Waals surface area contributed by atoms with Crippen LogP contribution in [0.1, 0.15) is 16.8 Å². The molecule has 5 nitrogen and oxygen atoms in total. The van der Waals surface area contributed by atoms with Crippen molar-refractivity contribution in [3.05, 3.63) is 47.3 Å². The van der Waals surface area contributed by atoms with Gasteiger partial charge in [-0.2, -0.15) is 0 Å². The molecule has 0 unspecified atom stereocenters. The van der Waals surface area contributed by atoms with Crippen LogP contribution in [0.4, 0.5) is 11.4 Å². The van der Waals surface area contributed by atoms with Crippen molar-refractivity contribution in [1.82, 2.24) is 4.98 Å². The van der Waals surface area contributed by atoms with E-state index in [4.69, 9.17) is 5.73 Å². The summed E-state index contributed by atoms with van der Waals surface area (Å²) in [4.78, 5) is 4.21. The van der Waals surface area contributed by atoms with Crippen LogP contribution in [0.5, 0.6) is 0 Å². The number of nitrogens with zero attached hydrogens (tertiary/aromatic N) is 1. The van der Waals surface area contributed by atoms with E-state index in [1.807, 2.05) is 13.8 Å². The van der Waals surface area contributed by atoms with Crippen LogP contribution in [0.3, 0.4) is 0 Å². The molecule has 0 radical (unpaired) electrons. The molecule has 0 aliphatic rings. The van der Waals surface area contributed by atoms with Crippen molar-refractivity contribution in [3.8, 4) is 0 Å². The van der Waals surface area contributed by atoms with E-state index in [1.165, 1.54) is 6.07 Å². The van der Waals surface area contributed by atoms with Crippen LogP contribution in [0, 0.1) is 20.8 Å². The minimum atomic E-state index is -3.67.